The van der Waals surface area contributed by atoms with Crippen LogP contribution in [0.2, 0.25) is 15.1 Å². The number of rotatable bonds is 10. The molecule has 198 valence electrons. The molecule has 0 radical (unpaired) electrons. The highest BCUT2D eigenvalue weighted by atomic mass is 35.5. The molecule has 0 aliphatic heterocycles. The van der Waals surface area contributed by atoms with Crippen molar-refractivity contribution < 1.29 is 9.59 Å². The van der Waals surface area contributed by atoms with Crippen molar-refractivity contribution in [3.63, 3.8) is 0 Å². The standard InChI is InChI=1S/C30H30Cl3N3O2/c1-20(2)17-36(30(38)22-9-12-26(32)27(33)15-22)19-29(37)35(18-21-7-10-24(31)11-8-21)14-13-23-16-34-28-6-4-3-5-25(23)28/h3-12,15-16,20,34H,13-14,17-19H2,1-2H3. The van der Waals surface area contributed by atoms with Gasteiger partial charge in [0.2, 0.25) is 5.91 Å². The summed E-state index contributed by atoms with van der Waals surface area (Å²) in [5.41, 5.74) is 3.57. The first-order valence-corrected chi connectivity index (χ1v) is 13.7. The number of hydrogen-bond acceptors (Lipinski definition) is 2. The smallest absolute Gasteiger partial charge is 0.254 e. The highest BCUT2D eigenvalue weighted by molar-refractivity contribution is 6.42. The molecule has 4 rings (SSSR count). The lowest BCUT2D eigenvalue weighted by Crippen LogP contribution is -2.44. The second-order valence-corrected chi connectivity index (χ2v) is 11.0. The number of fused-ring (bicyclic) bond motifs is 1. The van der Waals surface area contributed by atoms with E-state index in [-0.39, 0.29) is 24.3 Å². The molecule has 0 fully saturated rings. The average Bonchev–Trinajstić information content (AvgIpc) is 3.31. The quantitative estimate of drug-likeness (QED) is 0.215. The minimum absolute atomic E-state index is 0.0429. The van der Waals surface area contributed by atoms with Crippen LogP contribution in [0.3, 0.4) is 0 Å². The van der Waals surface area contributed by atoms with Crippen LogP contribution in [-0.4, -0.2) is 46.2 Å². The predicted molar refractivity (Wildman–Crippen MR) is 156 cm³/mol. The fourth-order valence-corrected chi connectivity index (χ4v) is 4.86. The Morgan fingerprint density at radius 3 is 2.34 bits per heavy atom. The van der Waals surface area contributed by atoms with Crippen LogP contribution in [0.25, 0.3) is 10.9 Å². The molecule has 1 aromatic heterocycles. The Hall–Kier alpha value is -2.99. The van der Waals surface area contributed by atoms with Crippen LogP contribution >= 0.6 is 34.8 Å². The summed E-state index contributed by atoms with van der Waals surface area (Å²) in [5, 5.41) is 2.46. The van der Waals surface area contributed by atoms with Gasteiger partial charge in [-0.25, -0.2) is 0 Å². The summed E-state index contributed by atoms with van der Waals surface area (Å²) < 4.78 is 0. The molecule has 38 heavy (non-hydrogen) atoms. The Balaban J connectivity index is 1.56. The number of para-hydroxylation sites is 1. The summed E-state index contributed by atoms with van der Waals surface area (Å²) in [6, 6.07) is 20.4. The monoisotopic (exact) mass is 569 g/mol. The number of halogens is 3. The van der Waals surface area contributed by atoms with Crippen molar-refractivity contribution in [2.75, 3.05) is 19.6 Å². The minimum atomic E-state index is -0.256. The Morgan fingerprint density at radius 2 is 1.63 bits per heavy atom. The third-order valence-corrected chi connectivity index (χ3v) is 7.32. The summed E-state index contributed by atoms with van der Waals surface area (Å²) in [4.78, 5) is 33.9. The summed E-state index contributed by atoms with van der Waals surface area (Å²) in [7, 11) is 0. The highest BCUT2D eigenvalue weighted by Gasteiger charge is 2.24. The number of carbonyl (C=O) groups is 2. The summed E-state index contributed by atoms with van der Waals surface area (Å²) in [6.45, 7) is 5.33. The van der Waals surface area contributed by atoms with Gasteiger partial charge in [0.25, 0.3) is 5.91 Å². The summed E-state index contributed by atoms with van der Waals surface area (Å²) in [6.07, 6.45) is 2.67. The van der Waals surface area contributed by atoms with E-state index in [1.165, 1.54) is 0 Å². The Labute approximate surface area is 238 Å². The molecule has 0 saturated heterocycles. The zero-order chi connectivity index (χ0) is 27.2. The topological polar surface area (TPSA) is 56.4 Å². The van der Waals surface area contributed by atoms with Crippen molar-refractivity contribution in [3.8, 4) is 0 Å². The lowest BCUT2D eigenvalue weighted by molar-refractivity contribution is -0.132. The van der Waals surface area contributed by atoms with E-state index in [0.29, 0.717) is 46.7 Å². The largest absolute Gasteiger partial charge is 0.361 e. The number of carbonyl (C=O) groups excluding carboxylic acids is 2. The van der Waals surface area contributed by atoms with Crippen molar-refractivity contribution in [1.82, 2.24) is 14.8 Å². The second-order valence-electron chi connectivity index (χ2n) is 9.76. The Morgan fingerprint density at radius 1 is 0.895 bits per heavy atom. The van der Waals surface area contributed by atoms with Crippen LogP contribution in [0.4, 0.5) is 0 Å². The molecule has 5 nitrogen and oxygen atoms in total. The maximum Gasteiger partial charge on any atom is 0.254 e. The van der Waals surface area contributed by atoms with Crippen molar-refractivity contribution in [2.24, 2.45) is 5.92 Å². The second kappa shape index (κ2) is 12.7. The number of H-pyrrole nitrogens is 1. The number of benzene rings is 3. The van der Waals surface area contributed by atoms with Gasteiger partial charge in [-0.05, 0) is 59.9 Å². The molecule has 8 heteroatoms. The van der Waals surface area contributed by atoms with Crippen molar-refractivity contribution in [3.05, 3.63) is 105 Å². The van der Waals surface area contributed by atoms with Crippen molar-refractivity contribution in [1.29, 1.82) is 0 Å². The molecule has 0 aliphatic carbocycles. The highest BCUT2D eigenvalue weighted by Crippen LogP contribution is 2.24. The fourth-order valence-electron chi connectivity index (χ4n) is 4.43. The molecular weight excluding hydrogens is 541 g/mol. The first kappa shape index (κ1) is 28.0. The maximum atomic E-state index is 13.7. The van der Waals surface area contributed by atoms with Gasteiger partial charge in [0.15, 0.2) is 0 Å². The number of aromatic nitrogens is 1. The van der Waals surface area contributed by atoms with Gasteiger partial charge in [-0.2, -0.15) is 0 Å². The van der Waals surface area contributed by atoms with E-state index < -0.39 is 0 Å². The minimum Gasteiger partial charge on any atom is -0.361 e. The Bertz CT molecular complexity index is 1420. The van der Waals surface area contributed by atoms with Gasteiger partial charge in [-0.15, -0.1) is 0 Å². The molecule has 0 atom stereocenters. The van der Waals surface area contributed by atoms with Gasteiger partial charge in [0.1, 0.15) is 6.54 Å². The zero-order valence-corrected chi connectivity index (χ0v) is 23.7. The van der Waals surface area contributed by atoms with E-state index in [1.807, 2.05) is 62.5 Å². The number of nitrogens with zero attached hydrogens (tertiary/aromatic N) is 2. The van der Waals surface area contributed by atoms with E-state index in [4.69, 9.17) is 34.8 Å². The third-order valence-electron chi connectivity index (χ3n) is 6.33. The number of nitrogens with one attached hydrogen (secondary N) is 1. The van der Waals surface area contributed by atoms with E-state index >= 15 is 0 Å². The van der Waals surface area contributed by atoms with Gasteiger partial charge in [-0.1, -0.05) is 79.0 Å². The van der Waals surface area contributed by atoms with Gasteiger partial charge < -0.3 is 14.8 Å². The van der Waals surface area contributed by atoms with E-state index in [0.717, 1.165) is 22.0 Å². The van der Waals surface area contributed by atoms with Crippen LogP contribution in [0, 0.1) is 5.92 Å². The normalized spacial score (nSPS) is 11.2. The molecule has 0 saturated carbocycles. The molecule has 0 bridgehead atoms. The predicted octanol–water partition coefficient (Wildman–Crippen LogP) is 7.50. The lowest BCUT2D eigenvalue weighted by Gasteiger charge is -2.29. The molecule has 1 heterocycles. The molecule has 0 spiro atoms. The van der Waals surface area contributed by atoms with Crippen molar-refractivity contribution in [2.45, 2.75) is 26.8 Å². The van der Waals surface area contributed by atoms with Gasteiger partial charge in [0, 0.05) is 47.3 Å². The average molecular weight is 571 g/mol. The van der Waals surface area contributed by atoms with E-state index in [1.54, 1.807) is 28.0 Å². The molecule has 0 aliphatic rings. The molecule has 0 unspecified atom stereocenters. The van der Waals surface area contributed by atoms with Gasteiger partial charge in [-0.3, -0.25) is 9.59 Å². The fraction of sp³-hybridized carbons (Fsp3) is 0.267. The molecule has 1 N–H and O–H groups in total. The van der Waals surface area contributed by atoms with Crippen LogP contribution in [0.5, 0.6) is 0 Å². The first-order valence-electron chi connectivity index (χ1n) is 12.5. The van der Waals surface area contributed by atoms with Crippen LogP contribution in [-0.2, 0) is 17.8 Å². The number of amides is 2. The SMILES string of the molecule is CC(C)CN(CC(=O)N(CCc1c[nH]c2ccccc12)Cc1ccc(Cl)cc1)C(=O)c1ccc(Cl)c(Cl)c1. The van der Waals surface area contributed by atoms with Crippen LogP contribution < -0.4 is 0 Å². The van der Waals surface area contributed by atoms with E-state index in [2.05, 4.69) is 11.1 Å². The number of aromatic amines is 1. The van der Waals surface area contributed by atoms with E-state index in [9.17, 15) is 9.59 Å². The van der Waals surface area contributed by atoms with Crippen molar-refractivity contribution >= 4 is 57.5 Å². The Kier molecular flexibility index (Phi) is 9.37. The lowest BCUT2D eigenvalue weighted by atomic mass is 10.1. The summed E-state index contributed by atoms with van der Waals surface area (Å²) >= 11 is 18.3. The van der Waals surface area contributed by atoms with Crippen LogP contribution in [0.15, 0.2) is 72.9 Å². The maximum absolute atomic E-state index is 13.7. The first-order chi connectivity index (χ1) is 18.2. The van der Waals surface area contributed by atoms with Crippen LogP contribution in [0.1, 0.15) is 35.3 Å². The molecule has 4 aromatic rings. The summed E-state index contributed by atoms with van der Waals surface area (Å²) in [5.74, 6) is -0.215. The molecule has 2 amide bonds. The van der Waals surface area contributed by atoms with Gasteiger partial charge >= 0.3 is 0 Å². The zero-order valence-electron chi connectivity index (χ0n) is 21.4. The molecular formula is C30H30Cl3N3O2. The third kappa shape index (κ3) is 7.10. The van der Waals surface area contributed by atoms with Gasteiger partial charge in [0.05, 0.1) is 10.0 Å². The molecule has 3 aromatic carbocycles. The number of hydrogen-bond donors (Lipinski definition) is 1.